The molecule has 0 spiro atoms. The fraction of sp³-hybridized carbons (Fsp3) is 0.353. The van der Waals surface area contributed by atoms with Crippen LogP contribution in [0.15, 0.2) is 30.6 Å². The molecule has 120 valence electrons. The normalized spacial score (nSPS) is 13.7. The molecule has 1 aliphatic heterocycles. The van der Waals surface area contributed by atoms with Crippen molar-refractivity contribution >= 4 is 11.9 Å². The number of carbonyl (C=O) groups excluding carboxylic acids is 1. The molecule has 6 heteroatoms. The first-order valence-electron chi connectivity index (χ1n) is 7.65. The van der Waals surface area contributed by atoms with Crippen molar-refractivity contribution < 1.29 is 14.7 Å². The van der Waals surface area contributed by atoms with Gasteiger partial charge in [0, 0.05) is 32.3 Å². The van der Waals surface area contributed by atoms with Gasteiger partial charge in [0.05, 0.1) is 11.8 Å². The lowest BCUT2D eigenvalue weighted by molar-refractivity contribution is -0.132. The second-order valence-corrected chi connectivity index (χ2v) is 5.84. The van der Waals surface area contributed by atoms with Crippen LogP contribution in [-0.2, 0) is 24.3 Å². The lowest BCUT2D eigenvalue weighted by atomic mass is 9.94. The van der Waals surface area contributed by atoms with Gasteiger partial charge >= 0.3 is 5.97 Å². The summed E-state index contributed by atoms with van der Waals surface area (Å²) in [5, 5.41) is 13.5. The Balaban J connectivity index is 1.68. The highest BCUT2D eigenvalue weighted by atomic mass is 16.4. The van der Waals surface area contributed by atoms with Crippen LogP contribution in [0, 0.1) is 6.92 Å². The van der Waals surface area contributed by atoms with E-state index >= 15 is 0 Å². The number of benzene rings is 1. The molecule has 1 amide bonds. The number of aryl methyl sites for hydroxylation is 2. The van der Waals surface area contributed by atoms with Gasteiger partial charge in [-0.25, -0.2) is 4.79 Å². The van der Waals surface area contributed by atoms with E-state index in [1.165, 1.54) is 0 Å². The number of carbonyl (C=O) groups is 2. The second kappa shape index (κ2) is 6.24. The summed E-state index contributed by atoms with van der Waals surface area (Å²) in [6.45, 7) is 3.50. The third-order valence-corrected chi connectivity index (χ3v) is 4.17. The maximum absolute atomic E-state index is 12.4. The van der Waals surface area contributed by atoms with Crippen LogP contribution in [0.1, 0.15) is 33.5 Å². The first-order chi connectivity index (χ1) is 11.0. The van der Waals surface area contributed by atoms with Gasteiger partial charge in [-0.3, -0.25) is 9.48 Å². The predicted molar refractivity (Wildman–Crippen MR) is 84.1 cm³/mol. The van der Waals surface area contributed by atoms with Crippen LogP contribution in [0.5, 0.6) is 0 Å². The fourth-order valence-corrected chi connectivity index (χ4v) is 2.95. The van der Waals surface area contributed by atoms with Gasteiger partial charge in [0.1, 0.15) is 0 Å². The molecule has 0 atom stereocenters. The van der Waals surface area contributed by atoms with Gasteiger partial charge in [-0.05, 0) is 36.1 Å². The molecule has 2 heterocycles. The summed E-state index contributed by atoms with van der Waals surface area (Å²) in [6, 6.07) is 5.30. The van der Waals surface area contributed by atoms with E-state index in [0.717, 1.165) is 16.7 Å². The summed E-state index contributed by atoms with van der Waals surface area (Å²) in [7, 11) is 0. The Morgan fingerprint density at radius 3 is 2.87 bits per heavy atom. The topological polar surface area (TPSA) is 75.4 Å². The Labute approximate surface area is 134 Å². The molecule has 0 unspecified atom stereocenters. The second-order valence-electron chi connectivity index (χ2n) is 5.84. The molecule has 0 saturated heterocycles. The first kappa shape index (κ1) is 15.3. The molecule has 2 aromatic rings. The number of hydrogen-bond acceptors (Lipinski definition) is 3. The molecule has 23 heavy (non-hydrogen) atoms. The van der Waals surface area contributed by atoms with Crippen LogP contribution >= 0.6 is 0 Å². The van der Waals surface area contributed by atoms with E-state index in [0.29, 0.717) is 38.0 Å². The maximum Gasteiger partial charge on any atom is 0.336 e. The summed E-state index contributed by atoms with van der Waals surface area (Å²) >= 11 is 0. The largest absolute Gasteiger partial charge is 0.478 e. The van der Waals surface area contributed by atoms with Gasteiger partial charge in [0.25, 0.3) is 0 Å². The van der Waals surface area contributed by atoms with Crippen LogP contribution in [-0.4, -0.2) is 38.2 Å². The number of carboxylic acids is 1. The SMILES string of the molecule is Cc1cnn(CCC(=O)N2CCc3cccc(C(=O)O)c3C2)c1. The molecule has 1 aliphatic rings. The molecule has 1 aromatic heterocycles. The Morgan fingerprint density at radius 2 is 2.17 bits per heavy atom. The van der Waals surface area contributed by atoms with E-state index in [4.69, 9.17) is 0 Å². The van der Waals surface area contributed by atoms with Gasteiger partial charge in [-0.15, -0.1) is 0 Å². The lowest BCUT2D eigenvalue weighted by Crippen LogP contribution is -2.37. The van der Waals surface area contributed by atoms with E-state index < -0.39 is 5.97 Å². The molecular formula is C17H19N3O3. The van der Waals surface area contributed by atoms with Gasteiger partial charge in [0.15, 0.2) is 0 Å². The van der Waals surface area contributed by atoms with Crippen LogP contribution in [0.4, 0.5) is 0 Å². The van der Waals surface area contributed by atoms with Crippen LogP contribution in [0.3, 0.4) is 0 Å². The standard InChI is InChI=1S/C17H19N3O3/c1-12-9-18-20(10-12)8-6-16(21)19-7-5-13-3-2-4-14(17(22)23)15(13)11-19/h2-4,9-10H,5-8,11H2,1H3,(H,22,23). The summed E-state index contributed by atoms with van der Waals surface area (Å²) in [6.07, 6.45) is 4.73. The summed E-state index contributed by atoms with van der Waals surface area (Å²) < 4.78 is 1.76. The molecule has 0 saturated carbocycles. The Hall–Kier alpha value is -2.63. The molecule has 1 aromatic carbocycles. The van der Waals surface area contributed by atoms with E-state index in [1.807, 2.05) is 19.2 Å². The number of rotatable bonds is 4. The molecule has 1 N–H and O–H groups in total. The third kappa shape index (κ3) is 3.26. The quantitative estimate of drug-likeness (QED) is 0.935. The van der Waals surface area contributed by atoms with Gasteiger partial charge in [-0.1, -0.05) is 12.1 Å². The Morgan fingerprint density at radius 1 is 1.35 bits per heavy atom. The highest BCUT2D eigenvalue weighted by molar-refractivity contribution is 5.90. The third-order valence-electron chi connectivity index (χ3n) is 4.17. The van der Waals surface area contributed by atoms with E-state index in [1.54, 1.807) is 27.9 Å². The zero-order chi connectivity index (χ0) is 16.4. The van der Waals surface area contributed by atoms with E-state index in [-0.39, 0.29) is 5.91 Å². The average Bonchev–Trinajstić information content (AvgIpc) is 2.96. The zero-order valence-corrected chi connectivity index (χ0v) is 13.0. The van der Waals surface area contributed by atoms with Crippen molar-refractivity contribution in [3.63, 3.8) is 0 Å². The van der Waals surface area contributed by atoms with Gasteiger partial charge in [0.2, 0.25) is 5.91 Å². The summed E-state index contributed by atoms with van der Waals surface area (Å²) in [4.78, 5) is 25.5. The van der Waals surface area contributed by atoms with Crippen molar-refractivity contribution in [3.8, 4) is 0 Å². The number of hydrogen-bond donors (Lipinski definition) is 1. The maximum atomic E-state index is 12.4. The van der Waals surface area contributed by atoms with Crippen LogP contribution in [0.25, 0.3) is 0 Å². The van der Waals surface area contributed by atoms with Gasteiger partial charge in [-0.2, -0.15) is 5.10 Å². The van der Waals surface area contributed by atoms with Crippen molar-refractivity contribution in [3.05, 3.63) is 52.8 Å². The van der Waals surface area contributed by atoms with E-state index in [9.17, 15) is 14.7 Å². The monoisotopic (exact) mass is 313 g/mol. The van der Waals surface area contributed by atoms with Crippen molar-refractivity contribution in [2.75, 3.05) is 6.54 Å². The number of aromatic carboxylic acids is 1. The predicted octanol–water partition coefficient (Wildman–Crippen LogP) is 1.86. The van der Waals surface area contributed by atoms with Crippen molar-refractivity contribution in [1.29, 1.82) is 0 Å². The average molecular weight is 313 g/mol. The smallest absolute Gasteiger partial charge is 0.336 e. The number of amides is 1. The number of aromatic nitrogens is 2. The van der Waals surface area contributed by atoms with Crippen LogP contribution < -0.4 is 0 Å². The Kier molecular flexibility index (Phi) is 4.14. The van der Waals surface area contributed by atoms with Crippen LogP contribution in [0.2, 0.25) is 0 Å². The fourth-order valence-electron chi connectivity index (χ4n) is 2.95. The first-order valence-corrected chi connectivity index (χ1v) is 7.65. The van der Waals surface area contributed by atoms with Crippen molar-refractivity contribution in [2.45, 2.75) is 32.9 Å². The van der Waals surface area contributed by atoms with Crippen molar-refractivity contribution in [1.82, 2.24) is 14.7 Å². The molecular weight excluding hydrogens is 294 g/mol. The number of carboxylic acid groups (broad SMARTS) is 1. The Bertz CT molecular complexity index is 751. The highest BCUT2D eigenvalue weighted by Crippen LogP contribution is 2.23. The van der Waals surface area contributed by atoms with E-state index in [2.05, 4.69) is 5.10 Å². The minimum Gasteiger partial charge on any atom is -0.478 e. The molecule has 0 bridgehead atoms. The number of nitrogens with zero attached hydrogens (tertiary/aromatic N) is 3. The summed E-state index contributed by atoms with van der Waals surface area (Å²) in [5.74, 6) is -0.910. The molecule has 0 fully saturated rings. The molecule has 3 rings (SSSR count). The minimum atomic E-state index is -0.942. The van der Waals surface area contributed by atoms with Gasteiger partial charge < -0.3 is 10.0 Å². The highest BCUT2D eigenvalue weighted by Gasteiger charge is 2.24. The minimum absolute atomic E-state index is 0.0315. The molecule has 0 radical (unpaired) electrons. The molecule has 6 nitrogen and oxygen atoms in total. The van der Waals surface area contributed by atoms with Crippen molar-refractivity contribution in [2.24, 2.45) is 0 Å². The zero-order valence-electron chi connectivity index (χ0n) is 13.0. The lowest BCUT2D eigenvalue weighted by Gasteiger charge is -2.30. The summed E-state index contributed by atoms with van der Waals surface area (Å²) in [5.41, 5.74) is 3.14. The number of fused-ring (bicyclic) bond motifs is 1. The molecule has 0 aliphatic carbocycles.